The molecule has 3 aliphatic rings. The average molecular weight is 955 g/mol. The lowest BCUT2D eigenvalue weighted by molar-refractivity contribution is -0.384. The fourth-order valence-electron chi connectivity index (χ4n) is 8.86. The molecule has 0 spiro atoms. The van der Waals surface area contributed by atoms with Gasteiger partial charge in [-0.1, -0.05) is 43.2 Å². The number of H-pyrrole nitrogens is 1. The van der Waals surface area contributed by atoms with Crippen molar-refractivity contribution in [3.8, 4) is 11.5 Å². The van der Waals surface area contributed by atoms with Crippen LogP contribution in [0, 0.1) is 15.5 Å². The Labute approximate surface area is 395 Å². The van der Waals surface area contributed by atoms with Crippen LogP contribution in [0.25, 0.3) is 16.6 Å². The van der Waals surface area contributed by atoms with Crippen molar-refractivity contribution < 1.29 is 32.4 Å². The third-order valence-electron chi connectivity index (χ3n) is 12.5. The van der Waals surface area contributed by atoms with E-state index in [4.69, 9.17) is 21.1 Å². The van der Waals surface area contributed by atoms with E-state index in [1.165, 1.54) is 41.1 Å². The number of rotatable bonds is 15. The van der Waals surface area contributed by atoms with Gasteiger partial charge in [-0.25, -0.2) is 18.1 Å². The second kappa shape index (κ2) is 20.0. The molecule has 5 aromatic rings. The summed E-state index contributed by atoms with van der Waals surface area (Å²) in [6.45, 7) is 9.93. The minimum absolute atomic E-state index is 0.0496. The number of anilines is 2. The van der Waals surface area contributed by atoms with Gasteiger partial charge in [-0.2, -0.15) is 0 Å². The van der Waals surface area contributed by atoms with Crippen LogP contribution in [0.15, 0.2) is 95.7 Å². The van der Waals surface area contributed by atoms with Gasteiger partial charge in [0.15, 0.2) is 0 Å². The third kappa shape index (κ3) is 11.6. The SMILES string of the molecule is CN(C)CC(=O)N1CCO[C@@H](CNc2ccc(S(=O)(=O)NC(=O)c3ccc(N4CCN(CC5=C(c6ccc(Cl)cc6)CC(C)(C)CC5)CC4)cc3Oc3cnc4[nH]ccc4c3)cc2[N+](=O)[O-])C1. The van der Waals surface area contributed by atoms with Crippen molar-refractivity contribution in [3.63, 3.8) is 0 Å². The lowest BCUT2D eigenvalue weighted by Gasteiger charge is -2.39. The average Bonchev–Trinajstić information content (AvgIpc) is 3.77. The predicted molar refractivity (Wildman–Crippen MR) is 258 cm³/mol. The number of nitro groups is 1. The number of halogens is 1. The molecule has 2 saturated heterocycles. The Morgan fingerprint density at radius 3 is 2.55 bits per heavy atom. The Morgan fingerprint density at radius 1 is 1.03 bits per heavy atom. The number of hydrogen-bond donors (Lipinski definition) is 3. The van der Waals surface area contributed by atoms with Gasteiger partial charge in [-0.15, -0.1) is 0 Å². The first-order valence-electron chi connectivity index (χ1n) is 22.3. The number of carbonyl (C=O) groups excluding carboxylic acids is 2. The fourth-order valence-corrected chi connectivity index (χ4v) is 9.97. The predicted octanol–water partition coefficient (Wildman–Crippen LogP) is 7.02. The normalized spacial score (nSPS) is 18.0. The second-order valence-corrected chi connectivity index (χ2v) is 20.5. The van der Waals surface area contributed by atoms with Crippen LogP contribution in [0.3, 0.4) is 0 Å². The number of benzene rings is 3. The van der Waals surface area contributed by atoms with Crippen molar-refractivity contribution >= 4 is 67.1 Å². The summed E-state index contributed by atoms with van der Waals surface area (Å²) in [6.07, 6.45) is 5.96. The number of morpholine rings is 1. The quantitative estimate of drug-likeness (QED) is 0.0716. The summed E-state index contributed by atoms with van der Waals surface area (Å²) in [7, 11) is -1.03. The highest BCUT2D eigenvalue weighted by molar-refractivity contribution is 7.90. The Bertz CT molecular complexity index is 2790. The van der Waals surface area contributed by atoms with Crippen LogP contribution < -0.4 is 19.7 Å². The lowest BCUT2D eigenvalue weighted by atomic mass is 9.72. The molecule has 17 nitrogen and oxygen atoms in total. The van der Waals surface area contributed by atoms with E-state index in [0.717, 1.165) is 61.1 Å². The molecule has 8 rings (SSSR count). The molecule has 19 heteroatoms. The summed E-state index contributed by atoms with van der Waals surface area (Å²) < 4.78 is 41.8. The van der Waals surface area contributed by atoms with E-state index in [1.54, 1.807) is 48.3 Å². The van der Waals surface area contributed by atoms with Gasteiger partial charge >= 0.3 is 0 Å². The fraction of sp³-hybridized carbons (Fsp3) is 0.396. The van der Waals surface area contributed by atoms with Crippen LogP contribution in [0.4, 0.5) is 17.1 Å². The molecule has 1 atom stereocenters. The highest BCUT2D eigenvalue weighted by Gasteiger charge is 2.31. The number of ether oxygens (including phenoxy) is 2. The van der Waals surface area contributed by atoms with E-state index in [1.807, 2.05) is 18.2 Å². The van der Waals surface area contributed by atoms with E-state index in [2.05, 4.69) is 55.8 Å². The lowest BCUT2D eigenvalue weighted by Crippen LogP contribution is -2.50. The van der Waals surface area contributed by atoms with Gasteiger partial charge in [-0.05, 0) is 98.4 Å². The molecule has 3 N–H and O–H groups in total. The van der Waals surface area contributed by atoms with Gasteiger partial charge in [0.05, 0.1) is 40.8 Å². The maximum Gasteiger partial charge on any atom is 0.293 e. The number of carbonyl (C=O) groups is 2. The summed E-state index contributed by atoms with van der Waals surface area (Å²) in [5.74, 6) is -0.617. The number of pyridine rings is 1. The molecule has 0 unspecified atom stereocenters. The number of amides is 2. The molecule has 2 amide bonds. The zero-order chi connectivity index (χ0) is 47.5. The monoisotopic (exact) mass is 953 g/mol. The number of nitro benzene ring substituents is 1. The molecule has 354 valence electrons. The van der Waals surface area contributed by atoms with Crippen LogP contribution in [0.2, 0.25) is 5.02 Å². The zero-order valence-corrected chi connectivity index (χ0v) is 39.7. The minimum atomic E-state index is -4.64. The third-order valence-corrected chi connectivity index (χ3v) is 14.1. The van der Waals surface area contributed by atoms with Crippen molar-refractivity contribution in [1.29, 1.82) is 0 Å². The molecule has 67 heavy (non-hydrogen) atoms. The van der Waals surface area contributed by atoms with Gasteiger partial charge in [-0.3, -0.25) is 24.6 Å². The van der Waals surface area contributed by atoms with Crippen LogP contribution in [0.1, 0.15) is 49.0 Å². The summed E-state index contributed by atoms with van der Waals surface area (Å²) in [5, 5.41) is 16.7. The Morgan fingerprint density at radius 2 is 1.81 bits per heavy atom. The summed E-state index contributed by atoms with van der Waals surface area (Å²) in [4.78, 5) is 53.3. The summed E-state index contributed by atoms with van der Waals surface area (Å²) in [5.41, 5.74) is 5.18. The zero-order valence-electron chi connectivity index (χ0n) is 38.1. The first kappa shape index (κ1) is 47.4. The van der Waals surface area contributed by atoms with Gasteiger partial charge in [0.2, 0.25) is 5.91 Å². The smallest absolute Gasteiger partial charge is 0.293 e. The number of nitrogens with one attached hydrogen (secondary N) is 3. The topological polar surface area (TPSA) is 196 Å². The van der Waals surface area contributed by atoms with Crippen molar-refractivity contribution in [3.05, 3.63) is 117 Å². The second-order valence-electron chi connectivity index (χ2n) is 18.4. The van der Waals surface area contributed by atoms with Crippen molar-refractivity contribution in [2.24, 2.45) is 5.41 Å². The molecule has 2 aliphatic heterocycles. The molecular weight excluding hydrogens is 898 g/mol. The summed E-state index contributed by atoms with van der Waals surface area (Å²) in [6, 6.07) is 20.1. The highest BCUT2D eigenvalue weighted by Crippen LogP contribution is 2.43. The number of allylic oxidation sites excluding steroid dienone is 1. The molecule has 0 radical (unpaired) electrons. The molecule has 4 heterocycles. The number of aromatic amines is 1. The van der Waals surface area contributed by atoms with E-state index in [9.17, 15) is 28.1 Å². The van der Waals surface area contributed by atoms with Gasteiger partial charge < -0.3 is 34.5 Å². The van der Waals surface area contributed by atoms with Crippen molar-refractivity contribution in [2.75, 3.05) is 89.8 Å². The number of aromatic nitrogens is 2. The number of piperazine rings is 1. The molecule has 3 aromatic carbocycles. The Hall–Kier alpha value is -6.05. The van der Waals surface area contributed by atoms with Gasteiger partial charge in [0.1, 0.15) is 22.8 Å². The first-order chi connectivity index (χ1) is 32.0. The number of nitrogens with zero attached hydrogens (tertiary/aromatic N) is 6. The molecular formula is C48H56ClN9O8S. The van der Waals surface area contributed by atoms with Crippen LogP contribution in [0.5, 0.6) is 11.5 Å². The highest BCUT2D eigenvalue weighted by atomic mass is 35.5. The number of likely N-dealkylation sites (N-methyl/N-ethyl adjacent to an activating group) is 1. The number of fused-ring (bicyclic) bond motifs is 1. The van der Waals surface area contributed by atoms with Gasteiger partial charge in [0, 0.05) is 86.8 Å². The van der Waals surface area contributed by atoms with E-state index < -0.39 is 37.5 Å². The maximum atomic E-state index is 14.0. The maximum absolute atomic E-state index is 14.0. The number of hydrogen-bond acceptors (Lipinski definition) is 13. The van der Waals surface area contributed by atoms with E-state index >= 15 is 0 Å². The largest absolute Gasteiger partial charge is 0.455 e. The van der Waals surface area contributed by atoms with Crippen molar-refractivity contribution in [2.45, 2.75) is 44.1 Å². The van der Waals surface area contributed by atoms with Gasteiger partial charge in [0.25, 0.3) is 21.6 Å². The molecule has 2 fully saturated rings. The van der Waals surface area contributed by atoms with Crippen molar-refractivity contribution in [1.82, 2.24) is 29.4 Å². The molecule has 0 saturated carbocycles. The van der Waals surface area contributed by atoms with E-state index in [-0.39, 0.29) is 48.0 Å². The molecule has 1 aliphatic carbocycles. The first-order valence-corrected chi connectivity index (χ1v) is 24.2. The number of sulfonamides is 1. The Kier molecular flexibility index (Phi) is 14.2. The Balaban J connectivity index is 0.978. The van der Waals surface area contributed by atoms with Crippen LogP contribution in [-0.4, -0.2) is 136 Å². The van der Waals surface area contributed by atoms with Crippen LogP contribution >= 0.6 is 11.6 Å². The standard InChI is InChI=1S/C48H56ClN9O8S/c1-48(2)15-13-34(41(26-48)32-5-7-35(49)8-6-32)29-55-17-19-56(20-18-55)36-9-11-40(44(24-36)66-37-23-33-14-16-50-46(33)52-27-37)47(60)53-67(63,64)39-10-12-42(43(25-39)58(61)62)51-28-38-30-57(21-22-65-38)45(59)31-54(3)4/h5-12,14,16,23-25,27,38,51H,13,15,17-22,26,28-31H2,1-4H3,(H,50,52)(H,53,60)/t38-/m0/s1. The molecule has 0 bridgehead atoms. The van der Waals surface area contributed by atoms with Crippen LogP contribution in [-0.2, 0) is 19.6 Å². The molecule has 2 aromatic heterocycles. The minimum Gasteiger partial charge on any atom is -0.455 e. The van der Waals surface area contributed by atoms with E-state index in [0.29, 0.717) is 37.6 Å². The summed E-state index contributed by atoms with van der Waals surface area (Å²) >= 11 is 6.25.